The molecule has 0 bridgehead atoms. The Balaban J connectivity index is 1.88. The predicted molar refractivity (Wildman–Crippen MR) is 121 cm³/mol. The number of aliphatic hydroxyl groups is 1. The minimum atomic E-state index is -0.589. The van der Waals surface area contributed by atoms with Gasteiger partial charge < -0.3 is 10.0 Å². The number of hydrogen-bond acceptors (Lipinski definition) is 5. The molecule has 1 aromatic carbocycles. The molecule has 2 N–H and O–H groups in total. The zero-order valence-corrected chi connectivity index (χ0v) is 18.5. The molecule has 0 aliphatic rings. The number of amides is 1. The number of H-pyrrole nitrogens is 1. The van der Waals surface area contributed by atoms with Crippen LogP contribution in [0.2, 0.25) is 0 Å². The van der Waals surface area contributed by atoms with Crippen molar-refractivity contribution in [2.45, 2.75) is 70.9 Å². The first-order valence-electron chi connectivity index (χ1n) is 11.0. The predicted octanol–water partition coefficient (Wildman–Crippen LogP) is 3.09. The van der Waals surface area contributed by atoms with Gasteiger partial charge in [-0.2, -0.15) is 5.21 Å². The molecule has 2 rings (SSSR count). The van der Waals surface area contributed by atoms with E-state index < -0.39 is 6.10 Å². The van der Waals surface area contributed by atoms with Crippen molar-refractivity contribution in [1.29, 1.82) is 0 Å². The summed E-state index contributed by atoms with van der Waals surface area (Å²) >= 11 is 0. The van der Waals surface area contributed by atoms with Gasteiger partial charge in [0, 0.05) is 31.7 Å². The van der Waals surface area contributed by atoms with Crippen LogP contribution in [0.3, 0.4) is 0 Å². The lowest BCUT2D eigenvalue weighted by Crippen LogP contribution is -2.38. The Hall–Kier alpha value is -2.98. The maximum absolute atomic E-state index is 12.7. The molecular weight excluding hydrogens is 390 g/mol. The number of aromatic amines is 1. The van der Waals surface area contributed by atoms with Crippen molar-refractivity contribution in [3.63, 3.8) is 0 Å². The van der Waals surface area contributed by atoms with E-state index in [0.29, 0.717) is 31.6 Å². The first-order valence-corrected chi connectivity index (χ1v) is 11.0. The molecule has 1 heterocycles. The Morgan fingerprint density at radius 2 is 2.03 bits per heavy atom. The lowest BCUT2D eigenvalue weighted by molar-refractivity contribution is -0.131. The fourth-order valence-corrected chi connectivity index (χ4v) is 3.10. The molecule has 7 nitrogen and oxygen atoms in total. The molecule has 0 aliphatic carbocycles. The Morgan fingerprint density at radius 3 is 2.74 bits per heavy atom. The first kappa shape index (κ1) is 24.3. The third-order valence-electron chi connectivity index (χ3n) is 4.92. The maximum atomic E-state index is 12.7. The van der Waals surface area contributed by atoms with Gasteiger partial charge in [0.05, 0.1) is 12.6 Å². The van der Waals surface area contributed by atoms with Gasteiger partial charge in [0.1, 0.15) is 0 Å². The van der Waals surface area contributed by atoms with Crippen molar-refractivity contribution in [2.24, 2.45) is 0 Å². The Morgan fingerprint density at radius 1 is 1.23 bits per heavy atom. The number of aliphatic hydroxyl groups excluding tert-OH is 1. The monoisotopic (exact) mass is 423 g/mol. The van der Waals surface area contributed by atoms with Crippen molar-refractivity contribution in [3.05, 3.63) is 53.9 Å². The normalized spacial score (nSPS) is 12.9. The fourth-order valence-electron chi connectivity index (χ4n) is 3.10. The molecule has 0 aliphatic heterocycles. The number of nitrogens with one attached hydrogen (secondary N) is 1. The minimum absolute atomic E-state index is 0.0950. The number of rotatable bonds is 12. The van der Waals surface area contributed by atoms with Gasteiger partial charge in [0.2, 0.25) is 5.91 Å². The molecule has 31 heavy (non-hydrogen) atoms. The van der Waals surface area contributed by atoms with E-state index in [4.69, 9.17) is 0 Å². The summed E-state index contributed by atoms with van der Waals surface area (Å²) in [6.45, 7) is 4.42. The number of benzene rings is 1. The Labute approximate surface area is 184 Å². The average molecular weight is 424 g/mol. The van der Waals surface area contributed by atoms with E-state index in [1.54, 1.807) is 11.0 Å². The van der Waals surface area contributed by atoms with Gasteiger partial charge in [-0.25, -0.2) is 0 Å². The third kappa shape index (κ3) is 9.58. The quantitative estimate of drug-likeness (QED) is 0.311. The zero-order valence-electron chi connectivity index (χ0n) is 18.5. The lowest BCUT2D eigenvalue weighted by Gasteiger charge is -2.25. The van der Waals surface area contributed by atoms with Gasteiger partial charge >= 0.3 is 0 Å². The topological polar surface area (TPSA) is 95.0 Å². The summed E-state index contributed by atoms with van der Waals surface area (Å²) in [4.78, 5) is 14.5. The van der Waals surface area contributed by atoms with E-state index in [-0.39, 0.29) is 11.9 Å². The van der Waals surface area contributed by atoms with Crippen LogP contribution in [0.4, 0.5) is 0 Å². The highest BCUT2D eigenvalue weighted by molar-refractivity contribution is 5.77. The number of nitrogens with zero attached hydrogens (tertiary/aromatic N) is 4. The maximum Gasteiger partial charge on any atom is 0.223 e. The van der Waals surface area contributed by atoms with Gasteiger partial charge in [-0.15, -0.1) is 16.1 Å². The van der Waals surface area contributed by atoms with Crippen LogP contribution in [0.25, 0.3) is 0 Å². The van der Waals surface area contributed by atoms with E-state index in [9.17, 15) is 9.90 Å². The molecule has 2 aromatic rings. The number of hydrogen-bond donors (Lipinski definition) is 2. The Bertz CT molecular complexity index is 840. The summed E-state index contributed by atoms with van der Waals surface area (Å²) in [5.74, 6) is 7.05. The van der Waals surface area contributed by atoms with Crippen LogP contribution in [0.15, 0.2) is 42.5 Å². The average Bonchev–Trinajstić information content (AvgIpc) is 3.29. The van der Waals surface area contributed by atoms with Crippen LogP contribution in [-0.2, 0) is 17.6 Å². The van der Waals surface area contributed by atoms with Gasteiger partial charge in [0.15, 0.2) is 5.82 Å². The summed E-state index contributed by atoms with van der Waals surface area (Å²) < 4.78 is 0. The van der Waals surface area contributed by atoms with Crippen LogP contribution in [0.5, 0.6) is 0 Å². The van der Waals surface area contributed by atoms with E-state index in [2.05, 4.69) is 39.4 Å². The Kier molecular flexibility index (Phi) is 11.0. The van der Waals surface area contributed by atoms with Crippen LogP contribution < -0.4 is 0 Å². The van der Waals surface area contributed by atoms with Crippen molar-refractivity contribution in [3.8, 4) is 11.8 Å². The van der Waals surface area contributed by atoms with E-state index in [0.717, 1.165) is 31.2 Å². The minimum Gasteiger partial charge on any atom is -0.389 e. The van der Waals surface area contributed by atoms with Crippen molar-refractivity contribution in [2.75, 3.05) is 6.54 Å². The molecule has 7 heteroatoms. The van der Waals surface area contributed by atoms with Crippen LogP contribution in [-0.4, -0.2) is 55.2 Å². The molecule has 0 radical (unpaired) electrons. The molecule has 0 spiro atoms. The number of unbranched alkanes of at least 4 members (excludes halogenated alkanes) is 2. The summed E-state index contributed by atoms with van der Waals surface area (Å²) in [6.07, 6.45) is 8.27. The lowest BCUT2D eigenvalue weighted by atomic mass is 10.1. The molecule has 166 valence electrons. The molecule has 0 saturated heterocycles. The van der Waals surface area contributed by atoms with E-state index in [1.165, 1.54) is 0 Å². The number of aryl methyl sites for hydroxylation is 1. The van der Waals surface area contributed by atoms with Crippen LogP contribution in [0.1, 0.15) is 57.3 Å². The SMILES string of the molecule is CCCCC(=O)N(CC#CCCCc1nn[nH]n1)C(C)/C=C/C(O)Cc1ccccc1. The molecule has 0 saturated carbocycles. The summed E-state index contributed by atoms with van der Waals surface area (Å²) in [5, 5.41) is 24.1. The van der Waals surface area contributed by atoms with E-state index in [1.807, 2.05) is 43.3 Å². The van der Waals surface area contributed by atoms with Gasteiger partial charge in [-0.05, 0) is 25.3 Å². The van der Waals surface area contributed by atoms with Gasteiger partial charge in [0.25, 0.3) is 0 Å². The first-order chi connectivity index (χ1) is 15.1. The van der Waals surface area contributed by atoms with Crippen molar-refractivity contribution < 1.29 is 9.90 Å². The summed E-state index contributed by atoms with van der Waals surface area (Å²) in [7, 11) is 0. The second kappa shape index (κ2) is 14.1. The standard InChI is InChI=1S/C24H33N5O2/c1-3-4-15-24(31)29(18-11-6-5-10-14-23-25-27-28-26-23)20(2)16-17-22(30)19-21-12-8-7-9-13-21/h7-9,12-13,16-17,20,22,30H,3-5,10,14-15,18-19H2,1-2H3,(H,25,26,27,28)/b17-16+. The molecule has 2 unspecified atom stereocenters. The van der Waals surface area contributed by atoms with Crippen molar-refractivity contribution in [1.82, 2.24) is 25.5 Å². The number of carbonyl (C=O) groups is 1. The molecular formula is C24H33N5O2. The smallest absolute Gasteiger partial charge is 0.223 e. The largest absolute Gasteiger partial charge is 0.389 e. The summed E-state index contributed by atoms with van der Waals surface area (Å²) in [5.41, 5.74) is 1.08. The van der Waals surface area contributed by atoms with Crippen LogP contribution in [0, 0.1) is 11.8 Å². The highest BCUT2D eigenvalue weighted by Gasteiger charge is 2.17. The molecule has 0 fully saturated rings. The fraction of sp³-hybridized carbons (Fsp3) is 0.500. The highest BCUT2D eigenvalue weighted by Crippen LogP contribution is 2.09. The molecule has 1 aromatic heterocycles. The highest BCUT2D eigenvalue weighted by atomic mass is 16.3. The van der Waals surface area contributed by atoms with Gasteiger partial charge in [-0.1, -0.05) is 67.0 Å². The third-order valence-corrected chi connectivity index (χ3v) is 4.92. The second-order valence-corrected chi connectivity index (χ2v) is 7.54. The second-order valence-electron chi connectivity index (χ2n) is 7.54. The van der Waals surface area contributed by atoms with Crippen LogP contribution >= 0.6 is 0 Å². The number of aromatic nitrogens is 4. The molecule has 2 atom stereocenters. The van der Waals surface area contributed by atoms with E-state index >= 15 is 0 Å². The number of carbonyl (C=O) groups excluding carboxylic acids is 1. The van der Waals surface area contributed by atoms with Gasteiger partial charge in [-0.3, -0.25) is 4.79 Å². The zero-order chi connectivity index (χ0) is 22.3. The number of tetrazole rings is 1. The van der Waals surface area contributed by atoms with Crippen molar-refractivity contribution >= 4 is 5.91 Å². The molecule has 1 amide bonds. The summed E-state index contributed by atoms with van der Waals surface area (Å²) in [6, 6.07) is 9.74.